The smallest absolute Gasteiger partial charge is 0.164 e. The highest BCUT2D eigenvalue weighted by molar-refractivity contribution is 5.50. The van der Waals surface area contributed by atoms with Crippen molar-refractivity contribution in [2.75, 3.05) is 21.3 Å². The lowest BCUT2D eigenvalue weighted by Gasteiger charge is -2.50. The van der Waals surface area contributed by atoms with Gasteiger partial charge in [-0.25, -0.2) is 0 Å². The molecule has 1 aliphatic heterocycles. The number of hydrogen-bond donors (Lipinski definition) is 1. The fourth-order valence-corrected chi connectivity index (χ4v) is 5.00. The number of piperidine rings is 1. The van der Waals surface area contributed by atoms with Gasteiger partial charge in [0.1, 0.15) is 5.75 Å². The zero-order valence-electron chi connectivity index (χ0n) is 20.0. The van der Waals surface area contributed by atoms with Crippen LogP contribution >= 0.6 is 0 Å². The summed E-state index contributed by atoms with van der Waals surface area (Å²) in [6, 6.07) is 8.55. The van der Waals surface area contributed by atoms with E-state index in [0.717, 1.165) is 37.2 Å². The predicted octanol–water partition coefficient (Wildman–Crippen LogP) is 4.42. The second kappa shape index (κ2) is 9.45. The molecular formula is C25H37N3O3. The van der Waals surface area contributed by atoms with Crippen LogP contribution in [0.2, 0.25) is 0 Å². The van der Waals surface area contributed by atoms with Crippen LogP contribution in [0.5, 0.6) is 17.2 Å². The summed E-state index contributed by atoms with van der Waals surface area (Å²) in [6.45, 7) is 10.8. The van der Waals surface area contributed by atoms with Crippen LogP contribution in [0.25, 0.3) is 0 Å². The van der Waals surface area contributed by atoms with E-state index in [-0.39, 0.29) is 11.1 Å². The largest absolute Gasteiger partial charge is 0.496 e. The van der Waals surface area contributed by atoms with Crippen LogP contribution in [0.15, 0.2) is 36.7 Å². The number of benzene rings is 1. The van der Waals surface area contributed by atoms with Crippen LogP contribution in [-0.2, 0) is 13.1 Å². The van der Waals surface area contributed by atoms with Crippen molar-refractivity contribution >= 4 is 0 Å². The van der Waals surface area contributed by atoms with Crippen LogP contribution in [0.1, 0.15) is 51.7 Å². The Morgan fingerprint density at radius 2 is 1.42 bits per heavy atom. The second-order valence-corrected chi connectivity index (χ2v) is 9.73. The lowest BCUT2D eigenvalue weighted by molar-refractivity contribution is 0.0558. The number of ether oxygens (including phenoxy) is 3. The molecule has 0 saturated carbocycles. The SMILES string of the molecule is COc1cc(OC)c(OC)cc1CN(Cc1ccncc1)C1CC(C)(C)NC(C)(C)C1. The molecule has 1 N–H and O–H groups in total. The van der Waals surface area contributed by atoms with E-state index >= 15 is 0 Å². The third kappa shape index (κ3) is 5.89. The Kier molecular flexibility index (Phi) is 7.12. The van der Waals surface area contributed by atoms with E-state index in [4.69, 9.17) is 14.2 Å². The summed E-state index contributed by atoms with van der Waals surface area (Å²) in [4.78, 5) is 6.74. The molecule has 0 atom stereocenters. The maximum Gasteiger partial charge on any atom is 0.164 e. The molecule has 0 unspecified atom stereocenters. The Labute approximate surface area is 186 Å². The summed E-state index contributed by atoms with van der Waals surface area (Å²) in [5.41, 5.74) is 2.46. The molecule has 170 valence electrons. The van der Waals surface area contributed by atoms with Crippen molar-refractivity contribution in [3.8, 4) is 17.2 Å². The summed E-state index contributed by atoms with van der Waals surface area (Å²) in [5, 5.41) is 3.80. The number of methoxy groups -OCH3 is 3. The average molecular weight is 428 g/mol. The molecule has 6 nitrogen and oxygen atoms in total. The Balaban J connectivity index is 1.97. The van der Waals surface area contributed by atoms with E-state index in [1.165, 1.54) is 5.56 Å². The summed E-state index contributed by atoms with van der Waals surface area (Å²) in [7, 11) is 5.02. The average Bonchev–Trinajstić information content (AvgIpc) is 2.71. The first-order valence-corrected chi connectivity index (χ1v) is 10.9. The number of nitrogens with zero attached hydrogens (tertiary/aromatic N) is 2. The van der Waals surface area contributed by atoms with Gasteiger partial charge in [-0.3, -0.25) is 9.88 Å². The molecule has 2 aromatic rings. The zero-order chi connectivity index (χ0) is 22.6. The third-order valence-corrected chi connectivity index (χ3v) is 5.98. The van der Waals surface area contributed by atoms with Crippen molar-refractivity contribution in [1.29, 1.82) is 0 Å². The first-order chi connectivity index (χ1) is 14.7. The topological polar surface area (TPSA) is 55.9 Å². The molecular weight excluding hydrogens is 390 g/mol. The molecule has 0 spiro atoms. The molecule has 6 heteroatoms. The highest BCUT2D eigenvalue weighted by atomic mass is 16.5. The number of aromatic nitrogens is 1. The van der Waals surface area contributed by atoms with Gasteiger partial charge in [0.15, 0.2) is 11.5 Å². The molecule has 0 bridgehead atoms. The highest BCUT2D eigenvalue weighted by Crippen LogP contribution is 2.38. The molecule has 1 aliphatic rings. The molecule has 1 aromatic carbocycles. The van der Waals surface area contributed by atoms with Gasteiger partial charge in [0.2, 0.25) is 0 Å². The second-order valence-electron chi connectivity index (χ2n) is 9.73. The molecule has 1 saturated heterocycles. The van der Waals surface area contributed by atoms with Gasteiger partial charge >= 0.3 is 0 Å². The number of pyridine rings is 1. The Bertz CT molecular complexity index is 852. The van der Waals surface area contributed by atoms with E-state index in [9.17, 15) is 0 Å². The molecule has 2 heterocycles. The maximum atomic E-state index is 5.72. The predicted molar refractivity (Wildman–Crippen MR) is 124 cm³/mol. The van der Waals surface area contributed by atoms with E-state index in [1.807, 2.05) is 24.5 Å². The fraction of sp³-hybridized carbons (Fsp3) is 0.560. The van der Waals surface area contributed by atoms with Crippen LogP contribution < -0.4 is 19.5 Å². The summed E-state index contributed by atoms with van der Waals surface area (Å²) < 4.78 is 16.8. The third-order valence-electron chi connectivity index (χ3n) is 5.98. The number of nitrogens with one attached hydrogen (secondary N) is 1. The monoisotopic (exact) mass is 427 g/mol. The lowest BCUT2D eigenvalue weighted by Crippen LogP contribution is -2.62. The molecule has 31 heavy (non-hydrogen) atoms. The molecule has 0 aliphatic carbocycles. The fourth-order valence-electron chi connectivity index (χ4n) is 5.00. The summed E-state index contributed by atoms with van der Waals surface area (Å²) in [5.74, 6) is 2.20. The van der Waals surface area contributed by atoms with Crippen molar-refractivity contribution in [3.05, 3.63) is 47.8 Å². The Hall–Kier alpha value is -2.31. The first kappa shape index (κ1) is 23.4. The lowest BCUT2D eigenvalue weighted by atomic mass is 9.78. The maximum absolute atomic E-state index is 5.72. The van der Waals surface area contributed by atoms with E-state index in [1.54, 1.807) is 21.3 Å². The standard InChI is InChI=1S/C25H37N3O3/c1-24(2)14-20(15-25(3,4)27-24)28(16-18-8-10-26-11-9-18)17-19-12-22(30-6)23(31-7)13-21(19)29-5/h8-13,20,27H,14-17H2,1-7H3. The van der Waals surface area contributed by atoms with Crippen LogP contribution in [0.3, 0.4) is 0 Å². The van der Waals surface area contributed by atoms with Gasteiger partial charge in [0.25, 0.3) is 0 Å². The van der Waals surface area contributed by atoms with Gasteiger partial charge in [0.05, 0.1) is 21.3 Å². The van der Waals surface area contributed by atoms with E-state index in [2.05, 4.69) is 55.0 Å². The van der Waals surface area contributed by atoms with Crippen LogP contribution in [0, 0.1) is 0 Å². The minimum absolute atomic E-state index is 0.0601. The normalized spacial score (nSPS) is 18.1. The number of rotatable bonds is 8. The van der Waals surface area contributed by atoms with Crippen molar-refractivity contribution < 1.29 is 14.2 Å². The molecule has 1 fully saturated rings. The summed E-state index contributed by atoms with van der Waals surface area (Å²) >= 11 is 0. The Morgan fingerprint density at radius 3 is 1.97 bits per heavy atom. The van der Waals surface area contributed by atoms with Crippen LogP contribution in [-0.4, -0.2) is 48.3 Å². The van der Waals surface area contributed by atoms with Crippen molar-refractivity contribution in [1.82, 2.24) is 15.2 Å². The first-order valence-electron chi connectivity index (χ1n) is 10.9. The molecule has 3 rings (SSSR count). The molecule has 1 aromatic heterocycles. The van der Waals surface area contributed by atoms with Gasteiger partial charge in [-0.05, 0) is 64.3 Å². The quantitative estimate of drug-likeness (QED) is 0.673. The molecule has 0 radical (unpaired) electrons. The van der Waals surface area contributed by atoms with Gasteiger partial charge in [-0.1, -0.05) is 0 Å². The minimum atomic E-state index is 0.0601. The summed E-state index contributed by atoms with van der Waals surface area (Å²) in [6.07, 6.45) is 5.86. The Morgan fingerprint density at radius 1 is 0.871 bits per heavy atom. The van der Waals surface area contributed by atoms with Crippen molar-refractivity contribution in [2.45, 2.75) is 70.7 Å². The molecule has 0 amide bonds. The van der Waals surface area contributed by atoms with Crippen molar-refractivity contribution in [3.63, 3.8) is 0 Å². The number of hydrogen-bond acceptors (Lipinski definition) is 6. The zero-order valence-corrected chi connectivity index (χ0v) is 20.0. The van der Waals surface area contributed by atoms with Crippen LogP contribution in [0.4, 0.5) is 0 Å². The van der Waals surface area contributed by atoms with Crippen molar-refractivity contribution in [2.24, 2.45) is 0 Å². The van der Waals surface area contributed by atoms with Gasteiger partial charge < -0.3 is 19.5 Å². The van der Waals surface area contributed by atoms with E-state index < -0.39 is 0 Å². The van der Waals surface area contributed by atoms with E-state index in [0.29, 0.717) is 17.5 Å². The van der Waals surface area contributed by atoms with Gasteiger partial charge in [-0.2, -0.15) is 0 Å². The minimum Gasteiger partial charge on any atom is -0.496 e. The van der Waals surface area contributed by atoms with Gasteiger partial charge in [0, 0.05) is 54.2 Å². The highest BCUT2D eigenvalue weighted by Gasteiger charge is 2.40. The van der Waals surface area contributed by atoms with Gasteiger partial charge in [-0.15, -0.1) is 0 Å².